The molecule has 29 heavy (non-hydrogen) atoms. The minimum atomic E-state index is -3.58. The van der Waals surface area contributed by atoms with Gasteiger partial charge < -0.3 is 10.1 Å². The summed E-state index contributed by atoms with van der Waals surface area (Å²) in [6, 6.07) is 10.8. The number of benzene rings is 2. The number of amides is 1. The van der Waals surface area contributed by atoms with E-state index in [9.17, 15) is 23.3 Å². The van der Waals surface area contributed by atoms with Crippen molar-refractivity contribution in [1.82, 2.24) is 9.62 Å². The van der Waals surface area contributed by atoms with Crippen molar-refractivity contribution in [1.29, 1.82) is 0 Å². The number of aryl methyl sites for hydroxylation is 1. The fourth-order valence-corrected chi connectivity index (χ4v) is 4.49. The number of para-hydroxylation sites is 1. The third-order valence-corrected chi connectivity index (χ3v) is 6.56. The molecule has 1 heterocycles. The zero-order valence-corrected chi connectivity index (χ0v) is 16.6. The van der Waals surface area contributed by atoms with Gasteiger partial charge in [0.1, 0.15) is 5.56 Å². The summed E-state index contributed by atoms with van der Waals surface area (Å²) in [5.41, 5.74) is 0.841. The zero-order chi connectivity index (χ0) is 21.0. The Kier molecular flexibility index (Phi) is 6.26. The molecule has 1 N–H and O–H groups in total. The van der Waals surface area contributed by atoms with Gasteiger partial charge in [-0.1, -0.05) is 24.3 Å². The van der Waals surface area contributed by atoms with Gasteiger partial charge in [-0.3, -0.25) is 14.9 Å². The van der Waals surface area contributed by atoms with Crippen molar-refractivity contribution < 1.29 is 22.9 Å². The van der Waals surface area contributed by atoms with E-state index in [0.717, 1.165) is 0 Å². The predicted molar refractivity (Wildman–Crippen MR) is 105 cm³/mol. The second kappa shape index (κ2) is 8.68. The lowest BCUT2D eigenvalue weighted by Gasteiger charge is -2.26. The summed E-state index contributed by atoms with van der Waals surface area (Å²) in [5, 5.41) is 13.9. The molecule has 0 aromatic heterocycles. The maximum absolute atomic E-state index is 12.6. The molecule has 154 valence electrons. The summed E-state index contributed by atoms with van der Waals surface area (Å²) in [6.07, 6.45) is 0. The number of nitrogens with zero attached hydrogens (tertiary/aromatic N) is 2. The molecule has 10 heteroatoms. The van der Waals surface area contributed by atoms with Crippen molar-refractivity contribution in [2.24, 2.45) is 0 Å². The Morgan fingerprint density at radius 2 is 1.83 bits per heavy atom. The number of ether oxygens (including phenoxy) is 1. The fourth-order valence-electron chi connectivity index (χ4n) is 3.08. The maximum atomic E-state index is 12.6. The van der Waals surface area contributed by atoms with Crippen molar-refractivity contribution in [2.75, 3.05) is 26.3 Å². The number of hydrogen-bond acceptors (Lipinski definition) is 6. The van der Waals surface area contributed by atoms with Crippen LogP contribution in [-0.4, -0.2) is 49.9 Å². The largest absolute Gasteiger partial charge is 0.379 e. The summed E-state index contributed by atoms with van der Waals surface area (Å²) < 4.78 is 31.8. The molecule has 9 nitrogen and oxygen atoms in total. The maximum Gasteiger partial charge on any atom is 0.285 e. The molecule has 1 amide bonds. The van der Waals surface area contributed by atoms with Crippen molar-refractivity contribution in [2.45, 2.75) is 18.4 Å². The lowest BCUT2D eigenvalue weighted by atomic mass is 10.1. The Morgan fingerprint density at radius 1 is 1.17 bits per heavy atom. The van der Waals surface area contributed by atoms with Gasteiger partial charge in [0.2, 0.25) is 10.0 Å². The van der Waals surface area contributed by atoms with Gasteiger partial charge in [-0.05, 0) is 30.7 Å². The van der Waals surface area contributed by atoms with E-state index in [4.69, 9.17) is 4.74 Å². The molecule has 1 aliphatic rings. The third-order valence-electron chi connectivity index (χ3n) is 4.65. The summed E-state index contributed by atoms with van der Waals surface area (Å²) in [5.74, 6) is -0.564. The molecule has 2 aromatic carbocycles. The molecule has 0 spiro atoms. The molecule has 0 unspecified atom stereocenters. The molecule has 2 aromatic rings. The van der Waals surface area contributed by atoms with Gasteiger partial charge in [-0.25, -0.2) is 8.42 Å². The number of morpholine rings is 1. The van der Waals surface area contributed by atoms with E-state index in [2.05, 4.69) is 5.32 Å². The molecule has 0 aliphatic carbocycles. The Morgan fingerprint density at radius 3 is 2.45 bits per heavy atom. The normalized spacial score (nSPS) is 15.1. The number of nitro benzene ring substituents is 1. The molecular weight excluding hydrogens is 398 g/mol. The highest BCUT2D eigenvalue weighted by Gasteiger charge is 2.26. The van der Waals surface area contributed by atoms with Crippen LogP contribution in [0.1, 0.15) is 21.5 Å². The number of nitrogens with one attached hydrogen (secondary N) is 1. The molecule has 1 aliphatic heterocycles. The molecular formula is C19H21N3O6S. The summed E-state index contributed by atoms with van der Waals surface area (Å²) in [7, 11) is -3.58. The number of sulfonamides is 1. The number of nitro groups is 1. The van der Waals surface area contributed by atoms with Crippen LogP contribution >= 0.6 is 0 Å². The molecule has 1 saturated heterocycles. The minimum Gasteiger partial charge on any atom is -0.379 e. The van der Waals surface area contributed by atoms with E-state index < -0.39 is 20.9 Å². The number of rotatable bonds is 6. The van der Waals surface area contributed by atoms with E-state index in [1.54, 1.807) is 31.2 Å². The van der Waals surface area contributed by atoms with Crippen LogP contribution in [0, 0.1) is 17.0 Å². The van der Waals surface area contributed by atoms with Crippen LogP contribution in [0.3, 0.4) is 0 Å². The lowest BCUT2D eigenvalue weighted by molar-refractivity contribution is -0.385. The second-order valence-corrected chi connectivity index (χ2v) is 8.51. The fraction of sp³-hybridized carbons (Fsp3) is 0.316. The van der Waals surface area contributed by atoms with Crippen LogP contribution in [0.4, 0.5) is 5.69 Å². The molecule has 0 bridgehead atoms. The smallest absolute Gasteiger partial charge is 0.285 e. The summed E-state index contributed by atoms with van der Waals surface area (Å²) in [4.78, 5) is 23.2. The van der Waals surface area contributed by atoms with E-state index in [0.29, 0.717) is 37.4 Å². The number of carbonyl (C=O) groups excluding carboxylic acids is 1. The Hall–Kier alpha value is -2.82. The van der Waals surface area contributed by atoms with Crippen LogP contribution in [0.5, 0.6) is 0 Å². The Balaban J connectivity index is 1.69. The van der Waals surface area contributed by atoms with E-state index in [-0.39, 0.29) is 22.7 Å². The van der Waals surface area contributed by atoms with Gasteiger partial charge >= 0.3 is 0 Å². The second-order valence-electron chi connectivity index (χ2n) is 6.57. The highest BCUT2D eigenvalue weighted by atomic mass is 32.2. The van der Waals surface area contributed by atoms with Crippen molar-refractivity contribution in [3.63, 3.8) is 0 Å². The van der Waals surface area contributed by atoms with Crippen molar-refractivity contribution >= 4 is 21.6 Å². The SMILES string of the molecule is Cc1cccc(C(=O)NCc2ccc(S(=O)(=O)N3CCOCC3)cc2)c1[N+](=O)[O-]. The average Bonchev–Trinajstić information content (AvgIpc) is 2.72. The van der Waals surface area contributed by atoms with E-state index in [1.807, 2.05) is 0 Å². The number of carbonyl (C=O) groups is 1. The standard InChI is InChI=1S/C19H21N3O6S/c1-14-3-2-4-17(18(14)22(24)25)19(23)20-13-15-5-7-16(8-6-15)29(26,27)21-9-11-28-12-10-21/h2-8H,9-13H2,1H3,(H,20,23). The Labute approximate surface area is 168 Å². The van der Waals surface area contributed by atoms with Gasteiger partial charge in [0.15, 0.2) is 0 Å². The molecule has 0 atom stereocenters. The van der Waals surface area contributed by atoms with E-state index in [1.165, 1.54) is 22.5 Å². The van der Waals surface area contributed by atoms with Crippen molar-refractivity contribution in [3.05, 3.63) is 69.3 Å². The van der Waals surface area contributed by atoms with Crippen LogP contribution in [0.15, 0.2) is 47.4 Å². The lowest BCUT2D eigenvalue weighted by Crippen LogP contribution is -2.40. The first-order chi connectivity index (χ1) is 13.8. The third kappa shape index (κ3) is 4.61. The van der Waals surface area contributed by atoms with Gasteiger partial charge in [0, 0.05) is 25.2 Å². The minimum absolute atomic E-state index is 0.0125. The number of hydrogen-bond donors (Lipinski definition) is 1. The molecule has 1 fully saturated rings. The monoisotopic (exact) mass is 419 g/mol. The predicted octanol–water partition coefficient (Wildman–Crippen LogP) is 1.85. The first-order valence-corrected chi connectivity index (χ1v) is 10.4. The molecule has 0 saturated carbocycles. The van der Waals surface area contributed by atoms with Gasteiger partial charge in [0.05, 0.1) is 23.0 Å². The van der Waals surface area contributed by atoms with E-state index >= 15 is 0 Å². The van der Waals surface area contributed by atoms with Crippen LogP contribution in [-0.2, 0) is 21.3 Å². The first-order valence-electron chi connectivity index (χ1n) is 9.00. The van der Waals surface area contributed by atoms with Gasteiger partial charge in [-0.15, -0.1) is 0 Å². The topological polar surface area (TPSA) is 119 Å². The average molecular weight is 419 g/mol. The zero-order valence-electron chi connectivity index (χ0n) is 15.8. The highest BCUT2D eigenvalue weighted by molar-refractivity contribution is 7.89. The van der Waals surface area contributed by atoms with Gasteiger partial charge in [-0.2, -0.15) is 4.31 Å². The summed E-state index contributed by atoms with van der Waals surface area (Å²) in [6.45, 7) is 3.05. The quantitative estimate of drug-likeness (QED) is 0.564. The van der Waals surface area contributed by atoms with Crippen LogP contribution < -0.4 is 5.32 Å². The molecule has 3 rings (SSSR count). The van der Waals surface area contributed by atoms with Crippen molar-refractivity contribution in [3.8, 4) is 0 Å². The first kappa shape index (κ1) is 20.9. The Bertz CT molecular complexity index is 1010. The summed E-state index contributed by atoms with van der Waals surface area (Å²) >= 11 is 0. The highest BCUT2D eigenvalue weighted by Crippen LogP contribution is 2.23. The van der Waals surface area contributed by atoms with Gasteiger partial charge in [0.25, 0.3) is 11.6 Å². The van der Waals surface area contributed by atoms with Crippen LogP contribution in [0.25, 0.3) is 0 Å². The van der Waals surface area contributed by atoms with Crippen LogP contribution in [0.2, 0.25) is 0 Å². The molecule has 0 radical (unpaired) electrons.